The lowest BCUT2D eigenvalue weighted by Crippen LogP contribution is -2.63. The van der Waals surface area contributed by atoms with Gasteiger partial charge in [0.05, 0.1) is 76.8 Å². The molecule has 4 atom stereocenters. The Bertz CT molecular complexity index is 4070. The highest BCUT2D eigenvalue weighted by molar-refractivity contribution is 9.09. The van der Waals surface area contributed by atoms with Gasteiger partial charge in [-0.1, -0.05) is 229 Å². The van der Waals surface area contributed by atoms with E-state index in [0.29, 0.717) is 111 Å². The van der Waals surface area contributed by atoms with Gasteiger partial charge in [0.1, 0.15) is 10.8 Å². The lowest BCUT2D eigenvalue weighted by Gasteiger charge is -2.57. The van der Waals surface area contributed by atoms with Crippen LogP contribution in [0.1, 0.15) is 103 Å². The van der Waals surface area contributed by atoms with Crippen molar-refractivity contribution in [2.45, 2.75) is 114 Å². The topological polar surface area (TPSA) is 207 Å². The number of alkyl halides is 1. The summed E-state index contributed by atoms with van der Waals surface area (Å²) in [6.45, 7) is 39.0. The predicted molar refractivity (Wildman–Crippen MR) is 411 cm³/mol. The maximum atomic E-state index is 13.8. The Morgan fingerprint density at radius 2 is 0.757 bits per heavy atom. The Hall–Kier alpha value is -8.32. The van der Waals surface area contributed by atoms with E-state index in [1.807, 2.05) is 114 Å². The van der Waals surface area contributed by atoms with Gasteiger partial charge in [-0.3, -0.25) is 19.2 Å². The zero-order valence-corrected chi connectivity index (χ0v) is 65.6. The second kappa shape index (κ2) is 33.3. The standard InChI is InChI=1S/C22H29NO4.2C21H22N2O3.C19H23NO3.C3H7BrO/c1-20(2)18-9-12-23(13-14-25-3)19(24)21(18,17-7-5-4-6-8-17)10-11-22(20)26-15-16-27-22;2*1-20(2)17-10-11-23(12-13-26-4)19(25)21(17,14-16(22-3)18(20)24)15-8-6-5-7-9-15;1-17(2)15-8-11-20-16(21)18(15,14-6-4-3-5-7-14)9-10-19(17)22-12-13-23-19;1-5-3-2-4/h4-9H,10-16H2,1-3H3;2*5-10,14H,11-13H2,1-2,4H3;3-8H,9-13H2,1-2H3,(H,20,21);2-3H2,1H3/t;2*21-;;/m.10../s1. The summed E-state index contributed by atoms with van der Waals surface area (Å²) < 4.78 is 44.6. The van der Waals surface area contributed by atoms with Gasteiger partial charge in [0.25, 0.3) is 0 Å². The quantitative estimate of drug-likeness (QED) is 0.0668. The summed E-state index contributed by atoms with van der Waals surface area (Å²) in [7, 11) is 6.55. The first kappa shape index (κ1) is 81.2. The number of hydrogen-bond donors (Lipinski definition) is 1. The summed E-state index contributed by atoms with van der Waals surface area (Å²) in [5.74, 6) is -1.65. The number of ketones is 2. The summed E-state index contributed by atoms with van der Waals surface area (Å²) in [6, 6.07) is 39.1. The third-order valence-corrected chi connectivity index (χ3v) is 23.8. The van der Waals surface area contributed by atoms with Crippen molar-refractivity contribution in [1.29, 1.82) is 0 Å². The predicted octanol–water partition coefficient (Wildman–Crippen LogP) is 12.0. The lowest BCUT2D eigenvalue weighted by molar-refractivity contribution is -0.236. The van der Waals surface area contributed by atoms with Crippen LogP contribution < -0.4 is 5.32 Å². The molecule has 0 aromatic heterocycles. The molecular formula is C86H103BrN6O14. The van der Waals surface area contributed by atoms with Gasteiger partial charge in [-0.2, -0.15) is 0 Å². The smallest absolute Gasteiger partial charge is 0.240 e. The van der Waals surface area contributed by atoms with E-state index in [2.05, 4.69) is 99.8 Å². The van der Waals surface area contributed by atoms with Crippen molar-refractivity contribution in [2.24, 2.45) is 21.7 Å². The average Bonchev–Trinajstić information content (AvgIpc) is 1.67. The van der Waals surface area contributed by atoms with Crippen LogP contribution in [0.25, 0.3) is 9.69 Å². The third kappa shape index (κ3) is 14.2. The van der Waals surface area contributed by atoms with Gasteiger partial charge in [0.15, 0.2) is 23.1 Å². The molecule has 0 bridgehead atoms. The largest absolute Gasteiger partial charge is 0.384 e. The van der Waals surface area contributed by atoms with E-state index in [0.717, 1.165) is 62.9 Å². The van der Waals surface area contributed by atoms with Crippen LogP contribution >= 0.6 is 15.9 Å². The molecule has 21 heteroatoms. The van der Waals surface area contributed by atoms with Crippen LogP contribution in [0, 0.1) is 34.8 Å². The molecule has 14 rings (SSSR count). The maximum absolute atomic E-state index is 13.8. The highest BCUT2D eigenvalue weighted by Crippen LogP contribution is 2.63. The summed E-state index contributed by atoms with van der Waals surface area (Å²) >= 11 is 3.18. The number of Topliss-reactive ketones (excluding diaryl/α,β-unsaturated/α-hetero) is 2. The highest BCUT2D eigenvalue weighted by atomic mass is 79.9. The second-order valence-electron chi connectivity index (χ2n) is 30.3. The van der Waals surface area contributed by atoms with Gasteiger partial charge < -0.3 is 67.5 Å². The Morgan fingerprint density at radius 1 is 0.430 bits per heavy atom. The molecule has 6 heterocycles. The van der Waals surface area contributed by atoms with Crippen molar-refractivity contribution in [2.75, 3.05) is 132 Å². The molecule has 4 fully saturated rings. The van der Waals surface area contributed by atoms with Crippen molar-refractivity contribution < 1.29 is 66.7 Å². The fourth-order valence-electron chi connectivity index (χ4n) is 17.9. The minimum atomic E-state index is -1.12. The van der Waals surface area contributed by atoms with E-state index in [9.17, 15) is 28.8 Å². The number of methoxy groups -OCH3 is 4. The molecule has 4 aromatic carbocycles. The molecule has 0 radical (unpaired) electrons. The lowest BCUT2D eigenvalue weighted by atomic mass is 9.53. The van der Waals surface area contributed by atoms with Crippen LogP contribution in [0.4, 0.5) is 0 Å². The summed E-state index contributed by atoms with van der Waals surface area (Å²) in [6.07, 6.45) is 14.3. The maximum Gasteiger partial charge on any atom is 0.240 e. The first-order valence-corrected chi connectivity index (χ1v) is 37.9. The molecule has 6 aliphatic heterocycles. The number of nitrogens with one attached hydrogen (secondary N) is 1. The fourth-order valence-corrected chi connectivity index (χ4v) is 18.3. The molecular weight excluding hydrogens is 1420 g/mol. The van der Waals surface area contributed by atoms with E-state index >= 15 is 0 Å². The number of amides is 4. The summed E-state index contributed by atoms with van der Waals surface area (Å²) in [5, 5.41) is 3.97. The van der Waals surface area contributed by atoms with Gasteiger partial charge in [-0.25, -0.2) is 9.69 Å². The van der Waals surface area contributed by atoms with Crippen molar-refractivity contribution in [1.82, 2.24) is 20.0 Å². The number of ether oxygens (including phenoxy) is 8. The molecule has 568 valence electrons. The van der Waals surface area contributed by atoms with Gasteiger partial charge in [-0.05, 0) is 57.4 Å². The normalized spacial score (nSPS) is 26.3. The molecule has 10 aliphatic rings. The van der Waals surface area contributed by atoms with Crippen LogP contribution in [-0.4, -0.2) is 194 Å². The van der Waals surface area contributed by atoms with E-state index in [4.69, 9.17) is 46.3 Å². The minimum absolute atomic E-state index is 0.0259. The Labute approximate surface area is 639 Å². The van der Waals surface area contributed by atoms with Crippen LogP contribution in [0.5, 0.6) is 0 Å². The van der Waals surface area contributed by atoms with Crippen LogP contribution in [-0.2, 0) is 88.3 Å². The zero-order valence-electron chi connectivity index (χ0n) is 64.0. The molecule has 4 aliphatic carbocycles. The Kier molecular flexibility index (Phi) is 25.2. The van der Waals surface area contributed by atoms with Crippen molar-refractivity contribution >= 4 is 51.1 Å². The molecule has 107 heavy (non-hydrogen) atoms. The van der Waals surface area contributed by atoms with Gasteiger partial charge in [-0.15, -0.1) is 0 Å². The zero-order chi connectivity index (χ0) is 77.3. The number of allylic oxidation sites excluding steroid dienone is 2. The first-order chi connectivity index (χ1) is 51.2. The highest BCUT2D eigenvalue weighted by Gasteiger charge is 2.67. The molecule has 4 aromatic rings. The number of fused-ring (bicyclic) bond motifs is 4. The second-order valence-corrected chi connectivity index (χ2v) is 31.1. The van der Waals surface area contributed by atoms with Gasteiger partial charge in [0, 0.05) is 114 Å². The number of carbonyl (C=O) groups is 6. The van der Waals surface area contributed by atoms with E-state index in [-0.39, 0.29) is 57.4 Å². The number of nitrogens with zero attached hydrogens (tertiary/aromatic N) is 5. The van der Waals surface area contributed by atoms with Crippen LogP contribution in [0.15, 0.2) is 191 Å². The van der Waals surface area contributed by atoms with Crippen LogP contribution in [0.2, 0.25) is 0 Å². The SMILES string of the molecule is CC1(C)C2=CCNC(=O)C2(c2ccccc2)CCC12OCCO2.COCCBr.COCCN1CC=C2C(c3ccccc3)(CCC3(OCCO3)C2(C)C)C1=O.[C-]#[N+]C1=C[C@@]2(c3ccccc3)C(=O)N(CCOC)CC=C2C(C)(C)C1=O.[C-]#[N+]C1=C[C@]2(c3ccccc3)C(=O)N(CCOC)CC=C2C(C)(C)C1=O. The average molecular weight is 1520 g/mol. The third-order valence-electron chi connectivity index (χ3n) is 23.5. The summed E-state index contributed by atoms with van der Waals surface area (Å²) in [5.41, 5.74) is 1.44. The van der Waals surface area contributed by atoms with Crippen molar-refractivity contribution in [3.63, 3.8) is 0 Å². The molecule has 1 N–H and O–H groups in total. The molecule has 2 saturated heterocycles. The number of carbonyl (C=O) groups excluding carboxylic acids is 6. The molecule has 2 saturated carbocycles. The number of rotatable bonds is 15. The van der Waals surface area contributed by atoms with Gasteiger partial charge >= 0.3 is 0 Å². The number of halogens is 1. The van der Waals surface area contributed by atoms with E-state index < -0.39 is 44.1 Å². The van der Waals surface area contributed by atoms with Crippen molar-refractivity contribution in [3.05, 3.63) is 237 Å². The summed E-state index contributed by atoms with van der Waals surface area (Å²) in [4.78, 5) is 91.9. The van der Waals surface area contributed by atoms with Gasteiger partial charge in [0.2, 0.25) is 35.0 Å². The first-order valence-electron chi connectivity index (χ1n) is 36.8. The van der Waals surface area contributed by atoms with Crippen LogP contribution in [0.3, 0.4) is 0 Å². The molecule has 20 nitrogen and oxygen atoms in total. The minimum Gasteiger partial charge on any atom is -0.384 e. The molecule has 2 unspecified atom stereocenters. The Balaban J connectivity index is 0.000000149. The molecule has 2 spiro atoms. The van der Waals surface area contributed by atoms with E-state index in [1.54, 1.807) is 78.1 Å². The number of benzene rings is 4. The van der Waals surface area contributed by atoms with E-state index in [1.165, 1.54) is 0 Å². The number of hydrogen-bond acceptors (Lipinski definition) is 14. The Morgan fingerprint density at radius 3 is 1.10 bits per heavy atom. The fraction of sp³-hybridized carbons (Fsp3) is 0.488. The van der Waals surface area contributed by atoms with Crippen molar-refractivity contribution in [3.8, 4) is 0 Å². The monoisotopic (exact) mass is 1520 g/mol. The molecule has 4 amide bonds.